The molecule has 0 atom stereocenters. The monoisotopic (exact) mass is 328 g/mol. The van der Waals surface area contributed by atoms with Gasteiger partial charge < -0.3 is 4.74 Å². The lowest BCUT2D eigenvalue weighted by Crippen LogP contribution is -1.98. The zero-order valence-corrected chi connectivity index (χ0v) is 12.5. The topological polar surface area (TPSA) is 9.23 Å². The number of ether oxygens (including phenoxy) is 1. The van der Waals surface area contributed by atoms with Gasteiger partial charge in [-0.2, -0.15) is 0 Å². The van der Waals surface area contributed by atoms with Crippen molar-refractivity contribution in [3.05, 3.63) is 51.5 Å². The van der Waals surface area contributed by atoms with E-state index in [1.54, 1.807) is 17.4 Å². The summed E-state index contributed by atoms with van der Waals surface area (Å²) in [5.74, 6) is 0.0417. The first-order valence-corrected chi connectivity index (χ1v) is 7.72. The summed E-state index contributed by atoms with van der Waals surface area (Å²) in [5, 5.41) is 0.588. The van der Waals surface area contributed by atoms with Gasteiger partial charge in [-0.25, -0.2) is 4.39 Å². The molecule has 2 rings (SSSR count). The number of para-hydroxylation sites is 1. The van der Waals surface area contributed by atoms with Crippen molar-refractivity contribution >= 4 is 27.3 Å². The predicted octanol–water partition coefficient (Wildman–Crippen LogP) is 4.92. The quantitative estimate of drug-likeness (QED) is 0.707. The van der Waals surface area contributed by atoms with Crippen molar-refractivity contribution in [1.82, 2.24) is 0 Å². The van der Waals surface area contributed by atoms with Crippen molar-refractivity contribution < 1.29 is 9.13 Å². The molecule has 0 bridgehead atoms. The average molecular weight is 329 g/mol. The van der Waals surface area contributed by atoms with E-state index >= 15 is 0 Å². The second-order valence-electron chi connectivity index (χ2n) is 3.87. The van der Waals surface area contributed by atoms with Gasteiger partial charge in [0.1, 0.15) is 6.61 Å². The molecular formula is C14H14BrFOS. The Morgan fingerprint density at radius 3 is 2.67 bits per heavy atom. The normalized spacial score (nSPS) is 10.6. The van der Waals surface area contributed by atoms with Crippen molar-refractivity contribution in [2.45, 2.75) is 25.3 Å². The standard InChI is InChI=1S/C14H14BrFOS/c1-2-11-6-7-12(18-11)9-17-14-10(8-15)4-3-5-13(14)16/h3-7H,2,8-9H2,1H3. The summed E-state index contributed by atoms with van der Waals surface area (Å²) in [6.45, 7) is 2.54. The third-order valence-electron chi connectivity index (χ3n) is 2.62. The highest BCUT2D eigenvalue weighted by molar-refractivity contribution is 9.08. The Morgan fingerprint density at radius 1 is 1.22 bits per heavy atom. The average Bonchev–Trinajstić information content (AvgIpc) is 2.85. The van der Waals surface area contributed by atoms with E-state index in [2.05, 4.69) is 28.9 Å². The van der Waals surface area contributed by atoms with Crippen LogP contribution in [0.15, 0.2) is 30.3 Å². The number of aryl methyl sites for hydroxylation is 1. The smallest absolute Gasteiger partial charge is 0.165 e. The number of hydrogen-bond acceptors (Lipinski definition) is 2. The van der Waals surface area contributed by atoms with E-state index < -0.39 is 0 Å². The summed E-state index contributed by atoms with van der Waals surface area (Å²) in [7, 11) is 0. The minimum Gasteiger partial charge on any atom is -0.485 e. The number of rotatable bonds is 5. The van der Waals surface area contributed by atoms with Crippen LogP contribution in [0.3, 0.4) is 0 Å². The maximum atomic E-state index is 13.7. The first kappa shape index (κ1) is 13.6. The minimum atomic E-state index is -0.306. The van der Waals surface area contributed by atoms with Gasteiger partial charge in [0.15, 0.2) is 11.6 Å². The first-order chi connectivity index (χ1) is 8.74. The van der Waals surface area contributed by atoms with Gasteiger partial charge >= 0.3 is 0 Å². The molecule has 4 heteroatoms. The fourth-order valence-corrected chi connectivity index (χ4v) is 2.97. The molecule has 0 unspecified atom stereocenters. The number of thiophene rings is 1. The third kappa shape index (κ3) is 3.12. The molecular weight excluding hydrogens is 315 g/mol. The molecule has 0 aliphatic heterocycles. The Morgan fingerprint density at radius 2 is 2.00 bits per heavy atom. The van der Waals surface area contributed by atoms with Crippen LogP contribution in [0.4, 0.5) is 4.39 Å². The van der Waals surface area contributed by atoms with Crippen LogP contribution in [-0.4, -0.2) is 0 Å². The highest BCUT2D eigenvalue weighted by Gasteiger charge is 2.09. The van der Waals surface area contributed by atoms with E-state index in [4.69, 9.17) is 4.74 Å². The zero-order valence-electron chi connectivity index (χ0n) is 10.1. The molecule has 96 valence electrons. The van der Waals surface area contributed by atoms with E-state index in [1.165, 1.54) is 10.9 Å². The molecule has 2 aromatic rings. The van der Waals surface area contributed by atoms with Crippen molar-refractivity contribution in [3.63, 3.8) is 0 Å². The van der Waals surface area contributed by atoms with Crippen molar-refractivity contribution in [1.29, 1.82) is 0 Å². The van der Waals surface area contributed by atoms with Gasteiger partial charge in [0.05, 0.1) is 0 Å². The number of benzene rings is 1. The second kappa shape index (κ2) is 6.34. The van der Waals surface area contributed by atoms with Crippen LogP contribution >= 0.6 is 27.3 Å². The Kier molecular flexibility index (Phi) is 4.78. The SMILES string of the molecule is CCc1ccc(COc2c(F)cccc2CBr)s1. The molecule has 18 heavy (non-hydrogen) atoms. The Labute approximate surface area is 119 Å². The lowest BCUT2D eigenvalue weighted by atomic mass is 10.2. The largest absolute Gasteiger partial charge is 0.485 e. The molecule has 0 fully saturated rings. The lowest BCUT2D eigenvalue weighted by molar-refractivity contribution is 0.291. The van der Waals surface area contributed by atoms with E-state index in [0.717, 1.165) is 16.9 Å². The highest BCUT2D eigenvalue weighted by atomic mass is 79.9. The third-order valence-corrected chi connectivity index (χ3v) is 4.42. The fraction of sp³-hybridized carbons (Fsp3) is 0.286. The molecule has 1 nitrogen and oxygen atoms in total. The van der Waals surface area contributed by atoms with Crippen LogP contribution in [-0.2, 0) is 18.4 Å². The number of hydrogen-bond donors (Lipinski definition) is 0. The molecule has 0 saturated heterocycles. The van der Waals surface area contributed by atoms with E-state index in [1.807, 2.05) is 12.1 Å². The summed E-state index contributed by atoms with van der Waals surface area (Å²) < 4.78 is 19.3. The van der Waals surface area contributed by atoms with Gasteiger partial charge in [0.2, 0.25) is 0 Å². The molecule has 1 aromatic heterocycles. The van der Waals surface area contributed by atoms with Crippen LogP contribution in [0.25, 0.3) is 0 Å². The van der Waals surface area contributed by atoms with Gasteiger partial charge in [-0.05, 0) is 24.6 Å². The van der Waals surface area contributed by atoms with Gasteiger partial charge in [0, 0.05) is 20.6 Å². The molecule has 0 amide bonds. The number of alkyl halides is 1. The number of halogens is 2. The molecule has 1 heterocycles. The van der Waals surface area contributed by atoms with Gasteiger partial charge in [0.25, 0.3) is 0 Å². The molecule has 1 aromatic carbocycles. The van der Waals surface area contributed by atoms with E-state index in [-0.39, 0.29) is 5.82 Å². The second-order valence-corrected chi connectivity index (χ2v) is 5.69. The summed E-state index contributed by atoms with van der Waals surface area (Å²) in [6, 6.07) is 9.11. The minimum absolute atomic E-state index is 0.306. The van der Waals surface area contributed by atoms with E-state index in [0.29, 0.717) is 17.7 Å². The molecule has 0 radical (unpaired) electrons. The Hall–Kier alpha value is -0.870. The first-order valence-electron chi connectivity index (χ1n) is 5.78. The lowest BCUT2D eigenvalue weighted by Gasteiger charge is -2.09. The maximum absolute atomic E-state index is 13.7. The van der Waals surface area contributed by atoms with Crippen LogP contribution in [0.5, 0.6) is 5.75 Å². The van der Waals surface area contributed by atoms with Gasteiger partial charge in [-0.1, -0.05) is 35.0 Å². The molecule has 0 aliphatic carbocycles. The van der Waals surface area contributed by atoms with Gasteiger partial charge in [-0.3, -0.25) is 0 Å². The zero-order chi connectivity index (χ0) is 13.0. The van der Waals surface area contributed by atoms with Crippen molar-refractivity contribution in [3.8, 4) is 5.75 Å². The van der Waals surface area contributed by atoms with Gasteiger partial charge in [-0.15, -0.1) is 11.3 Å². The van der Waals surface area contributed by atoms with Crippen LogP contribution in [0, 0.1) is 5.82 Å². The van der Waals surface area contributed by atoms with E-state index in [9.17, 15) is 4.39 Å². The molecule has 0 N–H and O–H groups in total. The summed E-state index contributed by atoms with van der Waals surface area (Å²) >= 11 is 5.05. The molecule has 0 spiro atoms. The Balaban J connectivity index is 2.10. The maximum Gasteiger partial charge on any atom is 0.165 e. The summed E-state index contributed by atoms with van der Waals surface area (Å²) in [5.41, 5.74) is 0.835. The van der Waals surface area contributed by atoms with Crippen molar-refractivity contribution in [2.24, 2.45) is 0 Å². The summed E-state index contributed by atoms with van der Waals surface area (Å²) in [4.78, 5) is 2.44. The van der Waals surface area contributed by atoms with Crippen LogP contribution in [0.2, 0.25) is 0 Å². The fourth-order valence-electron chi connectivity index (χ4n) is 1.65. The van der Waals surface area contributed by atoms with Crippen LogP contribution < -0.4 is 4.74 Å². The Bertz CT molecular complexity index is 524. The predicted molar refractivity (Wildman–Crippen MR) is 77.1 cm³/mol. The van der Waals surface area contributed by atoms with Crippen LogP contribution in [0.1, 0.15) is 22.2 Å². The highest BCUT2D eigenvalue weighted by Crippen LogP contribution is 2.27. The van der Waals surface area contributed by atoms with Crippen molar-refractivity contribution in [2.75, 3.05) is 0 Å². The summed E-state index contributed by atoms with van der Waals surface area (Å²) in [6.07, 6.45) is 1.02. The molecule has 0 aliphatic rings. The molecule has 0 saturated carbocycles.